The van der Waals surface area contributed by atoms with Crippen LogP contribution in [0, 0.1) is 0 Å². The van der Waals surface area contributed by atoms with E-state index in [0.717, 1.165) is 10.0 Å². The summed E-state index contributed by atoms with van der Waals surface area (Å²) in [5.41, 5.74) is 1.32. The zero-order valence-corrected chi connectivity index (χ0v) is 15.9. The molecule has 0 saturated carbocycles. The molecule has 4 nitrogen and oxygen atoms in total. The lowest BCUT2D eigenvalue weighted by Gasteiger charge is -2.15. The Morgan fingerprint density at radius 3 is 2.46 bits per heavy atom. The molecule has 2 aromatic carbocycles. The van der Waals surface area contributed by atoms with E-state index in [1.165, 1.54) is 12.1 Å². The van der Waals surface area contributed by atoms with Gasteiger partial charge in [-0.05, 0) is 46.6 Å². The molecule has 0 fully saturated rings. The minimum Gasteiger partial charge on any atom is -0.492 e. The first-order valence-corrected chi connectivity index (χ1v) is 8.67. The number of nitrogens with one attached hydrogen (secondary N) is 1. The summed E-state index contributed by atoms with van der Waals surface area (Å²) < 4.78 is 53.1. The van der Waals surface area contributed by atoms with Gasteiger partial charge < -0.3 is 19.5 Å². The fraction of sp³-hybridized carbons (Fsp3) is 0.333. The highest BCUT2D eigenvalue weighted by molar-refractivity contribution is 9.10. The van der Waals surface area contributed by atoms with Crippen molar-refractivity contribution in [1.82, 2.24) is 5.32 Å². The third-order valence-electron chi connectivity index (χ3n) is 3.42. The Morgan fingerprint density at radius 1 is 1.08 bits per heavy atom. The van der Waals surface area contributed by atoms with Crippen molar-refractivity contribution in [2.75, 3.05) is 13.7 Å². The molecule has 0 heterocycles. The van der Waals surface area contributed by atoms with Gasteiger partial charge in [0.25, 0.3) is 0 Å². The number of halogens is 4. The van der Waals surface area contributed by atoms with Crippen LogP contribution < -0.4 is 19.5 Å². The van der Waals surface area contributed by atoms with Crippen LogP contribution in [0.5, 0.6) is 17.2 Å². The minimum atomic E-state index is -4.72. The van der Waals surface area contributed by atoms with Gasteiger partial charge in [0, 0.05) is 18.7 Å². The Bertz CT molecular complexity index is 738. The summed E-state index contributed by atoms with van der Waals surface area (Å²) in [7, 11) is 1.55. The molecule has 0 amide bonds. The highest BCUT2D eigenvalue weighted by atomic mass is 79.9. The van der Waals surface area contributed by atoms with Crippen LogP contribution in [-0.4, -0.2) is 20.1 Å². The van der Waals surface area contributed by atoms with Crippen LogP contribution in [0.25, 0.3) is 0 Å². The van der Waals surface area contributed by atoms with Crippen molar-refractivity contribution in [3.8, 4) is 17.2 Å². The van der Waals surface area contributed by atoms with Crippen molar-refractivity contribution in [2.45, 2.75) is 26.4 Å². The van der Waals surface area contributed by atoms with Crippen molar-refractivity contribution in [3.05, 3.63) is 52.0 Å². The van der Waals surface area contributed by atoms with Crippen LogP contribution in [0.2, 0.25) is 0 Å². The lowest BCUT2D eigenvalue weighted by atomic mass is 10.1. The molecule has 0 saturated heterocycles. The Balaban J connectivity index is 2.07. The SMILES string of the molecule is CCOc1cc(CNCc2ccccc2OC(F)(F)F)cc(Br)c1OC. The largest absolute Gasteiger partial charge is 0.573 e. The quantitative estimate of drug-likeness (QED) is 0.632. The third-order valence-corrected chi connectivity index (χ3v) is 4.01. The standard InChI is InChI=1S/C18H19BrF3NO3/c1-3-25-16-9-12(8-14(19)17(16)24-2)10-23-11-13-6-4-5-7-15(13)26-18(20,21)22/h4-9,23H,3,10-11H2,1-2H3. The predicted molar refractivity (Wildman–Crippen MR) is 95.5 cm³/mol. The van der Waals surface area contributed by atoms with Crippen molar-refractivity contribution in [3.63, 3.8) is 0 Å². The molecule has 0 aliphatic heterocycles. The molecule has 142 valence electrons. The maximum Gasteiger partial charge on any atom is 0.573 e. The zero-order chi connectivity index (χ0) is 19.2. The molecule has 2 aromatic rings. The van der Waals surface area contributed by atoms with Gasteiger partial charge in [-0.1, -0.05) is 18.2 Å². The summed E-state index contributed by atoms with van der Waals surface area (Å²) in [5.74, 6) is 0.986. The maximum atomic E-state index is 12.5. The molecule has 0 aliphatic carbocycles. The highest BCUT2D eigenvalue weighted by Gasteiger charge is 2.31. The number of rotatable bonds is 8. The molecule has 26 heavy (non-hydrogen) atoms. The number of hydrogen-bond donors (Lipinski definition) is 1. The summed E-state index contributed by atoms with van der Waals surface area (Å²) in [6.45, 7) is 3.01. The van der Waals surface area contributed by atoms with Gasteiger partial charge >= 0.3 is 6.36 Å². The molecule has 0 aromatic heterocycles. The molecular weight excluding hydrogens is 415 g/mol. The average molecular weight is 434 g/mol. The number of benzene rings is 2. The summed E-state index contributed by atoms with van der Waals surface area (Å²) in [6, 6.07) is 9.74. The van der Waals surface area contributed by atoms with Gasteiger partial charge in [0.15, 0.2) is 11.5 Å². The molecule has 8 heteroatoms. The second kappa shape index (κ2) is 9.14. The van der Waals surface area contributed by atoms with E-state index in [0.29, 0.717) is 30.2 Å². The first-order valence-electron chi connectivity index (χ1n) is 7.87. The smallest absolute Gasteiger partial charge is 0.492 e. The van der Waals surface area contributed by atoms with Crippen molar-refractivity contribution >= 4 is 15.9 Å². The molecule has 0 unspecified atom stereocenters. The number of para-hydroxylation sites is 1. The van der Waals surface area contributed by atoms with Crippen LogP contribution in [-0.2, 0) is 13.1 Å². The van der Waals surface area contributed by atoms with Crippen LogP contribution in [0.3, 0.4) is 0 Å². The highest BCUT2D eigenvalue weighted by Crippen LogP contribution is 2.36. The van der Waals surface area contributed by atoms with E-state index in [-0.39, 0.29) is 12.3 Å². The van der Waals surface area contributed by atoms with Gasteiger partial charge in [0.1, 0.15) is 5.75 Å². The first-order chi connectivity index (χ1) is 12.3. The molecule has 0 aliphatic rings. The Labute approximate surface area is 158 Å². The van der Waals surface area contributed by atoms with Crippen LogP contribution in [0.4, 0.5) is 13.2 Å². The minimum absolute atomic E-state index is 0.210. The van der Waals surface area contributed by atoms with Gasteiger partial charge in [-0.15, -0.1) is 13.2 Å². The van der Waals surface area contributed by atoms with Gasteiger partial charge in [0.05, 0.1) is 18.2 Å². The fourth-order valence-corrected chi connectivity index (χ4v) is 3.05. The van der Waals surface area contributed by atoms with Gasteiger partial charge in [-0.25, -0.2) is 0 Å². The number of hydrogen-bond acceptors (Lipinski definition) is 4. The van der Waals surface area contributed by atoms with Crippen LogP contribution in [0.1, 0.15) is 18.1 Å². The zero-order valence-electron chi connectivity index (χ0n) is 14.3. The number of alkyl halides is 3. The van der Waals surface area contributed by atoms with Gasteiger partial charge in [-0.2, -0.15) is 0 Å². The van der Waals surface area contributed by atoms with E-state index in [1.54, 1.807) is 19.2 Å². The molecular formula is C18H19BrF3NO3. The summed E-state index contributed by atoms with van der Waals surface area (Å²) in [6.07, 6.45) is -4.72. The summed E-state index contributed by atoms with van der Waals surface area (Å²) in [5, 5.41) is 3.11. The summed E-state index contributed by atoms with van der Waals surface area (Å²) >= 11 is 3.43. The molecule has 2 rings (SSSR count). The topological polar surface area (TPSA) is 39.7 Å². The molecule has 0 atom stereocenters. The average Bonchev–Trinajstić information content (AvgIpc) is 2.55. The Morgan fingerprint density at radius 2 is 1.81 bits per heavy atom. The van der Waals surface area contributed by atoms with Crippen molar-refractivity contribution < 1.29 is 27.4 Å². The van der Waals surface area contributed by atoms with E-state index >= 15 is 0 Å². The van der Waals surface area contributed by atoms with E-state index in [9.17, 15) is 13.2 Å². The van der Waals surface area contributed by atoms with E-state index in [4.69, 9.17) is 9.47 Å². The van der Waals surface area contributed by atoms with E-state index in [2.05, 4.69) is 26.0 Å². The number of ether oxygens (including phenoxy) is 3. The maximum absolute atomic E-state index is 12.5. The van der Waals surface area contributed by atoms with Gasteiger partial charge in [-0.3, -0.25) is 0 Å². The third kappa shape index (κ3) is 5.81. The van der Waals surface area contributed by atoms with Gasteiger partial charge in [0.2, 0.25) is 0 Å². The molecule has 0 radical (unpaired) electrons. The molecule has 0 spiro atoms. The second-order valence-corrected chi connectivity index (χ2v) is 6.16. The predicted octanol–water partition coefficient (Wildman–Crippen LogP) is 5.04. The molecule has 0 bridgehead atoms. The summed E-state index contributed by atoms with van der Waals surface area (Å²) in [4.78, 5) is 0. The Kier molecular flexibility index (Phi) is 7.16. The van der Waals surface area contributed by atoms with E-state index < -0.39 is 6.36 Å². The first kappa shape index (κ1) is 20.4. The van der Waals surface area contributed by atoms with Crippen molar-refractivity contribution in [2.24, 2.45) is 0 Å². The fourth-order valence-electron chi connectivity index (χ4n) is 2.40. The molecule has 1 N–H and O–H groups in total. The normalized spacial score (nSPS) is 11.3. The Hall–Kier alpha value is -1.93. The lowest BCUT2D eigenvalue weighted by molar-refractivity contribution is -0.274. The van der Waals surface area contributed by atoms with Crippen LogP contribution >= 0.6 is 15.9 Å². The van der Waals surface area contributed by atoms with Crippen LogP contribution in [0.15, 0.2) is 40.9 Å². The van der Waals surface area contributed by atoms with E-state index in [1.807, 2.05) is 19.1 Å². The second-order valence-electron chi connectivity index (χ2n) is 5.30. The lowest BCUT2D eigenvalue weighted by Crippen LogP contribution is -2.20. The number of methoxy groups -OCH3 is 1. The van der Waals surface area contributed by atoms with Crippen molar-refractivity contribution in [1.29, 1.82) is 0 Å². The monoisotopic (exact) mass is 433 g/mol.